The average molecular weight is 278 g/mol. The largest absolute Gasteiger partial charge is 0.357 e. The molecule has 0 bridgehead atoms. The van der Waals surface area contributed by atoms with Crippen molar-refractivity contribution in [1.82, 2.24) is 10.3 Å². The van der Waals surface area contributed by atoms with Crippen molar-refractivity contribution in [3.63, 3.8) is 0 Å². The molecule has 94 valence electrons. The molecule has 0 aliphatic carbocycles. The van der Waals surface area contributed by atoms with Gasteiger partial charge in [0.1, 0.15) is 11.9 Å². The third kappa shape index (κ3) is 3.36. The molecule has 1 amide bonds. The molecular weight excluding hydrogens is 265 g/mol. The first-order chi connectivity index (χ1) is 7.99. The molecule has 0 spiro atoms. The third-order valence-corrected chi connectivity index (χ3v) is 2.64. The summed E-state index contributed by atoms with van der Waals surface area (Å²) in [5.41, 5.74) is 2.34. The van der Waals surface area contributed by atoms with Crippen LogP contribution in [0.15, 0.2) is 6.07 Å². The summed E-state index contributed by atoms with van der Waals surface area (Å²) >= 11 is 11.8. The van der Waals surface area contributed by atoms with E-state index in [4.69, 9.17) is 29.0 Å². The summed E-state index contributed by atoms with van der Waals surface area (Å²) in [6.07, 6.45) is 0. The van der Waals surface area contributed by atoms with Crippen LogP contribution in [0.2, 0.25) is 10.0 Å². The zero-order valence-electron chi connectivity index (χ0n) is 9.34. The lowest BCUT2D eigenvalue weighted by atomic mass is 10.3. The predicted octanol–water partition coefficient (Wildman–Crippen LogP) is 1.22. The number of pyridine rings is 1. The standard InChI is InChI=1S/C9H13Cl2N5O/c1-4(9(17)13-2)14-7-5(10)3-6(11)8(15-7)16-12/h3-4H,12H2,1-2H3,(H,13,17)(H2,14,15,16). The number of anilines is 2. The first kappa shape index (κ1) is 13.8. The molecule has 6 nitrogen and oxygen atoms in total. The lowest BCUT2D eigenvalue weighted by molar-refractivity contribution is -0.121. The van der Waals surface area contributed by atoms with Crippen molar-refractivity contribution >= 4 is 40.7 Å². The van der Waals surface area contributed by atoms with Gasteiger partial charge in [0, 0.05) is 7.05 Å². The summed E-state index contributed by atoms with van der Waals surface area (Å²) in [7, 11) is 1.55. The minimum atomic E-state index is -0.475. The third-order valence-electron chi connectivity index (χ3n) is 2.06. The van der Waals surface area contributed by atoms with Crippen LogP contribution in [0.5, 0.6) is 0 Å². The lowest BCUT2D eigenvalue weighted by Gasteiger charge is -2.15. The Morgan fingerprint density at radius 1 is 1.41 bits per heavy atom. The average Bonchev–Trinajstić information content (AvgIpc) is 2.31. The summed E-state index contributed by atoms with van der Waals surface area (Å²) in [4.78, 5) is 15.4. The summed E-state index contributed by atoms with van der Waals surface area (Å²) in [6.45, 7) is 1.68. The fourth-order valence-corrected chi connectivity index (χ4v) is 1.62. The number of hydrazine groups is 1. The molecule has 17 heavy (non-hydrogen) atoms. The zero-order chi connectivity index (χ0) is 13.0. The SMILES string of the molecule is CNC(=O)C(C)Nc1nc(NN)c(Cl)cc1Cl. The van der Waals surface area contributed by atoms with E-state index in [0.29, 0.717) is 15.9 Å². The quantitative estimate of drug-likeness (QED) is 0.491. The maximum atomic E-state index is 11.3. The molecule has 0 saturated heterocycles. The van der Waals surface area contributed by atoms with Gasteiger partial charge >= 0.3 is 0 Å². The van der Waals surface area contributed by atoms with Crippen LogP contribution in [0.25, 0.3) is 0 Å². The van der Waals surface area contributed by atoms with Crippen LogP contribution in [0.1, 0.15) is 6.92 Å². The Labute approximate surface area is 109 Å². The number of hydrogen-bond acceptors (Lipinski definition) is 5. The first-order valence-electron chi connectivity index (χ1n) is 4.80. The number of likely N-dealkylation sites (N-methyl/N-ethyl adjacent to an activating group) is 1. The number of nitrogens with one attached hydrogen (secondary N) is 3. The van der Waals surface area contributed by atoms with Crippen molar-refractivity contribution in [3.05, 3.63) is 16.1 Å². The molecule has 0 aromatic carbocycles. The molecule has 1 rings (SSSR count). The van der Waals surface area contributed by atoms with E-state index in [1.807, 2.05) is 0 Å². The maximum Gasteiger partial charge on any atom is 0.241 e. The number of rotatable bonds is 4. The molecule has 0 fully saturated rings. The molecule has 1 atom stereocenters. The van der Waals surface area contributed by atoms with Crippen LogP contribution in [0.4, 0.5) is 11.6 Å². The normalized spacial score (nSPS) is 11.8. The van der Waals surface area contributed by atoms with Gasteiger partial charge in [-0.1, -0.05) is 23.2 Å². The summed E-state index contributed by atoms with van der Waals surface area (Å²) in [5.74, 6) is 5.67. The topological polar surface area (TPSA) is 92.1 Å². The zero-order valence-corrected chi connectivity index (χ0v) is 10.9. The molecule has 0 aliphatic heterocycles. The summed E-state index contributed by atoms with van der Waals surface area (Å²) in [6, 6.07) is 1.02. The Hall–Kier alpha value is -1.24. The Morgan fingerprint density at radius 2 is 2.00 bits per heavy atom. The number of aromatic nitrogens is 1. The van der Waals surface area contributed by atoms with Gasteiger partial charge in [0.15, 0.2) is 5.82 Å². The monoisotopic (exact) mass is 277 g/mol. The van der Waals surface area contributed by atoms with E-state index < -0.39 is 6.04 Å². The van der Waals surface area contributed by atoms with E-state index in [9.17, 15) is 4.79 Å². The highest BCUT2D eigenvalue weighted by Crippen LogP contribution is 2.28. The molecule has 0 radical (unpaired) electrons. The van der Waals surface area contributed by atoms with E-state index in [2.05, 4.69) is 21.0 Å². The highest BCUT2D eigenvalue weighted by Gasteiger charge is 2.15. The van der Waals surface area contributed by atoms with E-state index in [1.165, 1.54) is 6.07 Å². The van der Waals surface area contributed by atoms with Crippen molar-refractivity contribution in [1.29, 1.82) is 0 Å². The second-order valence-corrected chi connectivity index (χ2v) is 4.09. The molecule has 5 N–H and O–H groups in total. The van der Waals surface area contributed by atoms with Gasteiger partial charge in [0.2, 0.25) is 5.91 Å². The van der Waals surface area contributed by atoms with Crippen LogP contribution in [-0.4, -0.2) is 24.0 Å². The van der Waals surface area contributed by atoms with Gasteiger partial charge in [0.25, 0.3) is 0 Å². The van der Waals surface area contributed by atoms with Gasteiger partial charge in [-0.05, 0) is 13.0 Å². The van der Waals surface area contributed by atoms with E-state index in [0.717, 1.165) is 0 Å². The number of hydrogen-bond donors (Lipinski definition) is 4. The van der Waals surface area contributed by atoms with E-state index in [1.54, 1.807) is 14.0 Å². The fourth-order valence-electron chi connectivity index (χ4n) is 1.16. The van der Waals surface area contributed by atoms with Gasteiger partial charge in [0.05, 0.1) is 10.0 Å². The van der Waals surface area contributed by atoms with Crippen molar-refractivity contribution in [2.24, 2.45) is 5.84 Å². The van der Waals surface area contributed by atoms with Gasteiger partial charge in [-0.25, -0.2) is 10.8 Å². The van der Waals surface area contributed by atoms with Crippen LogP contribution in [0, 0.1) is 0 Å². The summed E-state index contributed by atoms with van der Waals surface area (Å²) in [5, 5.41) is 5.97. The van der Waals surface area contributed by atoms with Gasteiger partial charge in [-0.3, -0.25) is 4.79 Å². The lowest BCUT2D eigenvalue weighted by Crippen LogP contribution is -2.35. The Bertz CT molecular complexity index is 426. The van der Waals surface area contributed by atoms with Gasteiger partial charge in [-0.15, -0.1) is 0 Å². The molecule has 1 heterocycles. The second-order valence-electron chi connectivity index (χ2n) is 3.27. The van der Waals surface area contributed by atoms with Crippen molar-refractivity contribution in [2.75, 3.05) is 17.8 Å². The molecule has 8 heteroatoms. The highest BCUT2D eigenvalue weighted by atomic mass is 35.5. The Morgan fingerprint density at radius 3 is 2.53 bits per heavy atom. The van der Waals surface area contributed by atoms with Crippen LogP contribution in [-0.2, 0) is 4.79 Å². The number of carbonyl (C=O) groups excluding carboxylic acids is 1. The molecular formula is C9H13Cl2N5O. The smallest absolute Gasteiger partial charge is 0.241 e. The van der Waals surface area contributed by atoms with Crippen molar-refractivity contribution in [3.8, 4) is 0 Å². The molecule has 1 aromatic heterocycles. The van der Waals surface area contributed by atoms with Crippen molar-refractivity contribution in [2.45, 2.75) is 13.0 Å². The molecule has 0 saturated carbocycles. The van der Waals surface area contributed by atoms with Crippen LogP contribution >= 0.6 is 23.2 Å². The Kier molecular flexibility index (Phi) is 4.80. The second kappa shape index (κ2) is 5.90. The molecule has 0 aliphatic rings. The predicted molar refractivity (Wildman–Crippen MR) is 69.2 cm³/mol. The number of nitrogens with two attached hydrogens (primary N) is 1. The number of halogens is 2. The Balaban J connectivity index is 2.94. The van der Waals surface area contributed by atoms with Crippen molar-refractivity contribution < 1.29 is 4.79 Å². The first-order valence-corrected chi connectivity index (χ1v) is 5.56. The number of nitrogen functional groups attached to an aromatic ring is 1. The minimum absolute atomic E-state index is 0.180. The van der Waals surface area contributed by atoms with Crippen LogP contribution in [0.3, 0.4) is 0 Å². The number of amides is 1. The van der Waals surface area contributed by atoms with Gasteiger partial charge < -0.3 is 16.1 Å². The number of carbonyl (C=O) groups is 1. The fraction of sp³-hybridized carbons (Fsp3) is 0.333. The maximum absolute atomic E-state index is 11.3. The highest BCUT2D eigenvalue weighted by molar-refractivity contribution is 6.37. The number of nitrogens with zero attached hydrogens (tertiary/aromatic N) is 1. The van der Waals surface area contributed by atoms with E-state index in [-0.39, 0.29) is 11.7 Å². The van der Waals surface area contributed by atoms with Gasteiger partial charge in [-0.2, -0.15) is 0 Å². The molecule has 1 aromatic rings. The van der Waals surface area contributed by atoms with E-state index >= 15 is 0 Å². The van der Waals surface area contributed by atoms with Crippen LogP contribution < -0.4 is 21.9 Å². The minimum Gasteiger partial charge on any atom is -0.357 e. The summed E-state index contributed by atoms with van der Waals surface area (Å²) < 4.78 is 0. The molecule has 1 unspecified atom stereocenters.